The van der Waals surface area contributed by atoms with Gasteiger partial charge in [0.25, 0.3) is 0 Å². The second-order valence-corrected chi connectivity index (χ2v) is 3.85. The number of ether oxygens (including phenoxy) is 1. The summed E-state index contributed by atoms with van der Waals surface area (Å²) < 4.78 is 5.17. The van der Waals surface area contributed by atoms with Crippen molar-refractivity contribution in [3.63, 3.8) is 0 Å². The van der Waals surface area contributed by atoms with E-state index in [-0.39, 0.29) is 0 Å². The molecule has 1 saturated heterocycles. The highest BCUT2D eigenvalue weighted by molar-refractivity contribution is 5.56. The lowest BCUT2D eigenvalue weighted by Gasteiger charge is -2.20. The number of hydrazone groups is 1. The summed E-state index contributed by atoms with van der Waals surface area (Å²) in [6, 6.07) is 0.512. The molecule has 0 unspecified atom stereocenters. The minimum absolute atomic E-state index is 0.512. The Labute approximate surface area is 87.1 Å². The molecule has 0 saturated carbocycles. The van der Waals surface area contributed by atoms with Gasteiger partial charge in [0.2, 0.25) is 0 Å². The van der Waals surface area contributed by atoms with Gasteiger partial charge in [0.05, 0.1) is 12.6 Å². The summed E-state index contributed by atoms with van der Waals surface area (Å²) >= 11 is 0. The zero-order valence-electron chi connectivity index (χ0n) is 9.41. The molecule has 3 nitrogen and oxygen atoms in total. The normalized spacial score (nSPS) is 22.4. The lowest BCUT2D eigenvalue weighted by atomic mass is 10.2. The molecule has 1 heterocycles. The largest absolute Gasteiger partial charge is 0.382 e. The van der Waals surface area contributed by atoms with Crippen LogP contribution in [-0.4, -0.2) is 37.5 Å². The molecule has 1 aliphatic rings. The van der Waals surface area contributed by atoms with Crippen LogP contribution in [-0.2, 0) is 4.74 Å². The number of nitrogens with zero attached hydrogens (tertiary/aromatic N) is 2. The zero-order valence-corrected chi connectivity index (χ0v) is 9.41. The Morgan fingerprint density at radius 3 is 3.14 bits per heavy atom. The summed E-state index contributed by atoms with van der Waals surface area (Å²) in [5.41, 5.74) is 0. The molecule has 3 heteroatoms. The molecule has 0 radical (unpaired) electrons. The molecule has 0 spiro atoms. The molecule has 1 atom stereocenters. The maximum absolute atomic E-state index is 5.17. The number of rotatable bonds is 6. The fourth-order valence-electron chi connectivity index (χ4n) is 1.79. The lowest BCUT2D eigenvalue weighted by molar-refractivity contribution is 0.118. The molecule has 0 amide bonds. The first-order valence-electron chi connectivity index (χ1n) is 5.66. The monoisotopic (exact) mass is 198 g/mol. The van der Waals surface area contributed by atoms with Gasteiger partial charge in [-0.3, -0.25) is 5.01 Å². The molecular formula is C11H22N2O. The van der Waals surface area contributed by atoms with Crippen LogP contribution in [0.5, 0.6) is 0 Å². The first-order valence-corrected chi connectivity index (χ1v) is 5.66. The summed E-state index contributed by atoms with van der Waals surface area (Å²) in [6.45, 7) is 4.11. The van der Waals surface area contributed by atoms with Crippen molar-refractivity contribution in [1.29, 1.82) is 0 Å². The Morgan fingerprint density at radius 2 is 2.43 bits per heavy atom. The fraction of sp³-hybridized carbons (Fsp3) is 0.909. The Hall–Kier alpha value is -0.570. The zero-order chi connectivity index (χ0) is 10.2. The van der Waals surface area contributed by atoms with Gasteiger partial charge in [-0.05, 0) is 25.7 Å². The predicted molar refractivity (Wildman–Crippen MR) is 59.6 cm³/mol. The Morgan fingerprint density at radius 1 is 1.57 bits per heavy atom. The molecule has 0 N–H and O–H groups in total. The van der Waals surface area contributed by atoms with E-state index in [0.29, 0.717) is 6.04 Å². The van der Waals surface area contributed by atoms with Crippen LogP contribution in [0.1, 0.15) is 39.0 Å². The van der Waals surface area contributed by atoms with E-state index in [0.717, 1.165) is 19.6 Å². The minimum atomic E-state index is 0.512. The third-order valence-corrected chi connectivity index (χ3v) is 2.62. The maximum Gasteiger partial charge on any atom is 0.0704 e. The van der Waals surface area contributed by atoms with Crippen molar-refractivity contribution in [3.8, 4) is 0 Å². The molecule has 0 bridgehead atoms. The van der Waals surface area contributed by atoms with Gasteiger partial charge in [0.15, 0.2) is 0 Å². The van der Waals surface area contributed by atoms with Crippen LogP contribution in [0, 0.1) is 0 Å². The van der Waals surface area contributed by atoms with Crippen molar-refractivity contribution < 1.29 is 4.74 Å². The van der Waals surface area contributed by atoms with Crippen LogP contribution in [0.2, 0.25) is 0 Å². The van der Waals surface area contributed by atoms with Crippen LogP contribution in [0.3, 0.4) is 0 Å². The van der Waals surface area contributed by atoms with Crippen molar-refractivity contribution in [1.82, 2.24) is 5.01 Å². The van der Waals surface area contributed by atoms with Gasteiger partial charge < -0.3 is 4.74 Å². The van der Waals surface area contributed by atoms with E-state index < -0.39 is 0 Å². The third-order valence-electron chi connectivity index (χ3n) is 2.62. The summed E-state index contributed by atoms with van der Waals surface area (Å²) in [6.07, 6.45) is 8.11. The Bertz CT molecular complexity index is 171. The SMILES string of the molecule is CCCC/C=N/N1CCC[C@@H]1COC. The van der Waals surface area contributed by atoms with Gasteiger partial charge in [-0.25, -0.2) is 0 Å². The maximum atomic E-state index is 5.17. The van der Waals surface area contributed by atoms with E-state index in [9.17, 15) is 0 Å². The van der Waals surface area contributed by atoms with Gasteiger partial charge in [-0.1, -0.05) is 13.3 Å². The second-order valence-electron chi connectivity index (χ2n) is 3.85. The van der Waals surface area contributed by atoms with Crippen LogP contribution >= 0.6 is 0 Å². The van der Waals surface area contributed by atoms with Crippen LogP contribution in [0.4, 0.5) is 0 Å². The van der Waals surface area contributed by atoms with E-state index in [1.807, 2.05) is 0 Å². The van der Waals surface area contributed by atoms with E-state index in [1.165, 1.54) is 25.7 Å². The van der Waals surface area contributed by atoms with Gasteiger partial charge >= 0.3 is 0 Å². The fourth-order valence-corrected chi connectivity index (χ4v) is 1.79. The highest BCUT2D eigenvalue weighted by Crippen LogP contribution is 2.17. The smallest absolute Gasteiger partial charge is 0.0704 e. The van der Waals surface area contributed by atoms with E-state index in [4.69, 9.17) is 4.74 Å². The topological polar surface area (TPSA) is 24.8 Å². The highest BCUT2D eigenvalue weighted by atomic mass is 16.5. The third kappa shape index (κ3) is 3.66. The molecule has 0 aliphatic carbocycles. The molecule has 0 aromatic heterocycles. The van der Waals surface area contributed by atoms with Crippen molar-refractivity contribution in [2.24, 2.45) is 5.10 Å². The minimum Gasteiger partial charge on any atom is -0.382 e. The van der Waals surface area contributed by atoms with Gasteiger partial charge in [-0.15, -0.1) is 0 Å². The molecule has 0 aromatic rings. The van der Waals surface area contributed by atoms with Crippen molar-refractivity contribution in [3.05, 3.63) is 0 Å². The van der Waals surface area contributed by atoms with Gasteiger partial charge in [0.1, 0.15) is 0 Å². The number of hydrogen-bond acceptors (Lipinski definition) is 3. The number of hydrogen-bond donors (Lipinski definition) is 0. The van der Waals surface area contributed by atoms with Crippen LogP contribution < -0.4 is 0 Å². The summed E-state index contributed by atoms with van der Waals surface area (Å²) in [7, 11) is 1.76. The summed E-state index contributed by atoms with van der Waals surface area (Å²) in [5, 5.41) is 6.67. The number of unbranched alkanes of at least 4 members (excludes halogenated alkanes) is 2. The Kier molecular flexibility index (Phi) is 5.60. The Balaban J connectivity index is 2.24. The average molecular weight is 198 g/mol. The molecule has 1 rings (SSSR count). The lowest BCUT2D eigenvalue weighted by Crippen LogP contribution is -2.28. The van der Waals surface area contributed by atoms with Crippen molar-refractivity contribution >= 4 is 6.21 Å². The molecule has 82 valence electrons. The summed E-state index contributed by atoms with van der Waals surface area (Å²) in [5.74, 6) is 0. The molecule has 1 aliphatic heterocycles. The second kappa shape index (κ2) is 6.82. The van der Waals surface area contributed by atoms with Gasteiger partial charge in [-0.2, -0.15) is 5.10 Å². The quantitative estimate of drug-likeness (QED) is 0.483. The van der Waals surface area contributed by atoms with Crippen molar-refractivity contribution in [2.45, 2.75) is 45.1 Å². The van der Waals surface area contributed by atoms with Crippen LogP contribution in [0.25, 0.3) is 0 Å². The predicted octanol–water partition coefficient (Wildman–Crippen LogP) is 2.27. The molecule has 1 fully saturated rings. The summed E-state index contributed by atoms with van der Waals surface area (Å²) in [4.78, 5) is 0. The highest BCUT2D eigenvalue weighted by Gasteiger charge is 2.22. The first kappa shape index (κ1) is 11.5. The molecule has 0 aromatic carbocycles. The standard InChI is InChI=1S/C11H22N2O/c1-3-4-5-8-12-13-9-6-7-11(13)10-14-2/h8,11H,3-7,9-10H2,1-2H3/b12-8+/t11-/m1/s1. The average Bonchev–Trinajstić information content (AvgIpc) is 2.61. The van der Waals surface area contributed by atoms with E-state index >= 15 is 0 Å². The first-order chi connectivity index (χ1) is 6.88. The van der Waals surface area contributed by atoms with E-state index in [1.54, 1.807) is 7.11 Å². The molecular weight excluding hydrogens is 176 g/mol. The van der Waals surface area contributed by atoms with E-state index in [2.05, 4.69) is 23.2 Å². The number of methoxy groups -OCH3 is 1. The van der Waals surface area contributed by atoms with Gasteiger partial charge in [0, 0.05) is 19.9 Å². The van der Waals surface area contributed by atoms with Crippen molar-refractivity contribution in [2.75, 3.05) is 20.3 Å². The van der Waals surface area contributed by atoms with Crippen LogP contribution in [0.15, 0.2) is 5.10 Å². The molecule has 14 heavy (non-hydrogen) atoms.